The van der Waals surface area contributed by atoms with Crippen LogP contribution in [0.15, 0.2) is 22.7 Å². The molecule has 0 fully saturated rings. The normalized spacial score (nSPS) is 10.1. The van der Waals surface area contributed by atoms with Gasteiger partial charge in [-0.1, -0.05) is 6.07 Å². The minimum atomic E-state index is -0.537. The average molecular weight is 247 g/mol. The molecule has 4 heteroatoms. The maximum Gasteiger partial charge on any atom is 0.191 e. The average Bonchev–Trinajstić information content (AvgIpc) is 2.10. The van der Waals surface area contributed by atoms with E-state index in [2.05, 4.69) is 20.7 Å². The Bertz CT molecular complexity index is 325. The highest BCUT2D eigenvalue weighted by Crippen LogP contribution is 2.18. The highest BCUT2D eigenvalue weighted by molar-refractivity contribution is 9.10. The fourth-order valence-corrected chi connectivity index (χ4v) is 1.29. The van der Waals surface area contributed by atoms with Crippen LogP contribution in [0.25, 0.3) is 0 Å². The minimum absolute atomic E-state index is 0.0521. The molecule has 1 rings (SSSR count). The topological polar surface area (TPSA) is 26.3 Å². The summed E-state index contributed by atoms with van der Waals surface area (Å²) in [7, 11) is 1.40. The molecule has 13 heavy (non-hydrogen) atoms. The standard InChI is InChI=1S/C9H8BrFO2/c1-13-5-8(12)6-3-2-4-7(10)9(6)11/h2-4H,5H2,1H3. The third-order valence-corrected chi connectivity index (χ3v) is 2.14. The second kappa shape index (κ2) is 4.48. The van der Waals surface area contributed by atoms with Gasteiger partial charge in [-0.15, -0.1) is 0 Å². The molecule has 0 unspecified atom stereocenters. The van der Waals surface area contributed by atoms with Gasteiger partial charge in [0.05, 0.1) is 10.0 Å². The molecule has 2 nitrogen and oxygen atoms in total. The lowest BCUT2D eigenvalue weighted by Crippen LogP contribution is -2.09. The third-order valence-electron chi connectivity index (χ3n) is 1.53. The van der Waals surface area contributed by atoms with Gasteiger partial charge in [-0.2, -0.15) is 0 Å². The van der Waals surface area contributed by atoms with Crippen LogP contribution in [0.4, 0.5) is 4.39 Å². The lowest BCUT2D eigenvalue weighted by atomic mass is 10.1. The maximum atomic E-state index is 13.3. The monoisotopic (exact) mass is 246 g/mol. The maximum absolute atomic E-state index is 13.3. The van der Waals surface area contributed by atoms with Crippen molar-refractivity contribution in [2.24, 2.45) is 0 Å². The Morgan fingerprint density at radius 2 is 2.31 bits per heavy atom. The van der Waals surface area contributed by atoms with Gasteiger partial charge < -0.3 is 4.74 Å². The lowest BCUT2D eigenvalue weighted by Gasteiger charge is -2.02. The number of hydrogen-bond donors (Lipinski definition) is 0. The molecule has 0 saturated carbocycles. The van der Waals surface area contributed by atoms with Crippen molar-refractivity contribution in [3.8, 4) is 0 Å². The Morgan fingerprint density at radius 3 is 2.92 bits per heavy atom. The van der Waals surface area contributed by atoms with E-state index in [-0.39, 0.29) is 22.4 Å². The van der Waals surface area contributed by atoms with Crippen molar-refractivity contribution < 1.29 is 13.9 Å². The quantitative estimate of drug-likeness (QED) is 0.766. The van der Waals surface area contributed by atoms with Crippen LogP contribution >= 0.6 is 15.9 Å². The van der Waals surface area contributed by atoms with E-state index in [4.69, 9.17) is 0 Å². The summed E-state index contributed by atoms with van der Waals surface area (Å²) in [5.41, 5.74) is 0.0521. The third kappa shape index (κ3) is 2.35. The zero-order valence-corrected chi connectivity index (χ0v) is 8.60. The summed E-state index contributed by atoms with van der Waals surface area (Å²) in [5, 5.41) is 0. The van der Waals surface area contributed by atoms with E-state index in [1.807, 2.05) is 0 Å². The van der Waals surface area contributed by atoms with E-state index in [0.29, 0.717) is 0 Å². The van der Waals surface area contributed by atoms with Gasteiger partial charge in [0.25, 0.3) is 0 Å². The van der Waals surface area contributed by atoms with E-state index in [0.717, 1.165) is 0 Å². The lowest BCUT2D eigenvalue weighted by molar-refractivity contribution is 0.0844. The number of halogens is 2. The molecule has 0 heterocycles. The number of rotatable bonds is 3. The van der Waals surface area contributed by atoms with E-state index >= 15 is 0 Å². The van der Waals surface area contributed by atoms with Gasteiger partial charge >= 0.3 is 0 Å². The van der Waals surface area contributed by atoms with Crippen molar-refractivity contribution in [3.05, 3.63) is 34.1 Å². The van der Waals surface area contributed by atoms with Crippen LogP contribution in [0.3, 0.4) is 0 Å². The van der Waals surface area contributed by atoms with Gasteiger partial charge in [-0.05, 0) is 28.1 Å². The molecule has 0 radical (unpaired) electrons. The summed E-state index contributed by atoms with van der Waals surface area (Å²) in [5.74, 6) is -0.897. The summed E-state index contributed by atoms with van der Waals surface area (Å²) in [4.78, 5) is 11.2. The smallest absolute Gasteiger partial charge is 0.191 e. The van der Waals surface area contributed by atoms with Crippen molar-refractivity contribution >= 4 is 21.7 Å². The predicted molar refractivity (Wildman–Crippen MR) is 50.3 cm³/mol. The predicted octanol–water partition coefficient (Wildman–Crippen LogP) is 2.42. The molecule has 0 aliphatic carbocycles. The van der Waals surface area contributed by atoms with Crippen molar-refractivity contribution in [2.75, 3.05) is 13.7 Å². The number of ketones is 1. The number of methoxy groups -OCH3 is 1. The van der Waals surface area contributed by atoms with Gasteiger partial charge in [-0.25, -0.2) is 4.39 Å². The summed E-state index contributed by atoms with van der Waals surface area (Å²) in [6.07, 6.45) is 0. The molecular weight excluding hydrogens is 239 g/mol. The van der Waals surface area contributed by atoms with Gasteiger partial charge in [0, 0.05) is 7.11 Å². The first-order valence-electron chi connectivity index (χ1n) is 3.63. The fraction of sp³-hybridized carbons (Fsp3) is 0.222. The van der Waals surface area contributed by atoms with E-state index in [1.165, 1.54) is 13.2 Å². The largest absolute Gasteiger partial charge is 0.377 e. The molecule has 0 atom stereocenters. The first-order valence-corrected chi connectivity index (χ1v) is 4.42. The molecule has 0 bridgehead atoms. The van der Waals surface area contributed by atoms with Crippen molar-refractivity contribution in [1.29, 1.82) is 0 Å². The van der Waals surface area contributed by atoms with Crippen molar-refractivity contribution in [3.63, 3.8) is 0 Å². The molecule has 0 N–H and O–H groups in total. The van der Waals surface area contributed by atoms with Crippen LogP contribution < -0.4 is 0 Å². The molecule has 0 aromatic heterocycles. The van der Waals surface area contributed by atoms with Gasteiger partial charge in [0.2, 0.25) is 0 Å². The molecular formula is C9H8BrFO2. The van der Waals surface area contributed by atoms with Crippen LogP contribution in [-0.2, 0) is 4.74 Å². The Hall–Kier alpha value is -0.740. The molecule has 0 saturated heterocycles. The van der Waals surface area contributed by atoms with Crippen LogP contribution in [0.2, 0.25) is 0 Å². The zero-order chi connectivity index (χ0) is 9.84. The second-order valence-corrected chi connectivity index (χ2v) is 3.31. The van der Waals surface area contributed by atoms with E-state index < -0.39 is 5.82 Å². The van der Waals surface area contributed by atoms with E-state index in [1.54, 1.807) is 12.1 Å². The number of Topliss-reactive ketones (excluding diaryl/α,β-unsaturated/α-hetero) is 1. The minimum Gasteiger partial charge on any atom is -0.377 e. The van der Waals surface area contributed by atoms with Gasteiger partial charge in [0.1, 0.15) is 12.4 Å². The van der Waals surface area contributed by atoms with Gasteiger partial charge in [0.15, 0.2) is 5.78 Å². The molecule has 70 valence electrons. The number of ether oxygens (including phenoxy) is 1. The number of hydrogen-bond acceptors (Lipinski definition) is 2. The van der Waals surface area contributed by atoms with E-state index in [9.17, 15) is 9.18 Å². The number of benzene rings is 1. The SMILES string of the molecule is COCC(=O)c1cccc(Br)c1F. The zero-order valence-electron chi connectivity index (χ0n) is 7.01. The van der Waals surface area contributed by atoms with Crippen molar-refractivity contribution in [1.82, 2.24) is 0 Å². The van der Waals surface area contributed by atoms with Crippen LogP contribution in [0.1, 0.15) is 10.4 Å². The van der Waals surface area contributed by atoms with Crippen molar-refractivity contribution in [2.45, 2.75) is 0 Å². The fourth-order valence-electron chi connectivity index (χ4n) is 0.928. The second-order valence-electron chi connectivity index (χ2n) is 2.46. The summed E-state index contributed by atoms with van der Waals surface area (Å²) in [6, 6.07) is 4.58. The molecule has 1 aromatic rings. The number of carbonyl (C=O) groups excluding carboxylic acids is 1. The molecule has 0 amide bonds. The van der Waals surface area contributed by atoms with Gasteiger partial charge in [-0.3, -0.25) is 4.79 Å². The molecule has 0 aliphatic heterocycles. The molecule has 0 spiro atoms. The highest BCUT2D eigenvalue weighted by Gasteiger charge is 2.12. The van der Waals surface area contributed by atoms with Crippen LogP contribution in [0.5, 0.6) is 0 Å². The first-order chi connectivity index (χ1) is 6.16. The Balaban J connectivity index is 3.01. The molecule has 1 aromatic carbocycles. The Labute approximate surface area is 83.8 Å². The molecule has 0 aliphatic rings. The van der Waals surface area contributed by atoms with Crippen LogP contribution in [-0.4, -0.2) is 19.5 Å². The van der Waals surface area contributed by atoms with Crippen LogP contribution in [0, 0.1) is 5.82 Å². The number of carbonyl (C=O) groups is 1. The Morgan fingerprint density at radius 1 is 1.62 bits per heavy atom. The summed E-state index contributed by atoms with van der Waals surface area (Å²) < 4.78 is 18.2. The summed E-state index contributed by atoms with van der Waals surface area (Å²) in [6.45, 7) is -0.104. The summed E-state index contributed by atoms with van der Waals surface area (Å²) >= 11 is 3.00. The highest BCUT2D eigenvalue weighted by atomic mass is 79.9. The Kier molecular flexibility index (Phi) is 3.57. The first kappa shape index (κ1) is 10.3.